The smallest absolute Gasteiger partial charge is 0.217 e. The van der Waals surface area contributed by atoms with E-state index >= 15 is 0 Å². The molecule has 1 aliphatic heterocycles. The summed E-state index contributed by atoms with van der Waals surface area (Å²) in [6, 6.07) is 0. The molecule has 1 saturated heterocycles. The second kappa shape index (κ2) is 5.82. The molecule has 0 amide bonds. The highest BCUT2D eigenvalue weighted by Gasteiger charge is 2.30. The van der Waals surface area contributed by atoms with Gasteiger partial charge in [-0.15, -0.1) is 0 Å². The molecule has 15 heavy (non-hydrogen) atoms. The minimum Gasteiger partial charge on any atom is -0.315 e. The van der Waals surface area contributed by atoms with Crippen LogP contribution in [-0.2, 0) is 10.0 Å². The van der Waals surface area contributed by atoms with E-state index in [1.807, 2.05) is 0 Å². The molecule has 0 aromatic heterocycles. The summed E-state index contributed by atoms with van der Waals surface area (Å²) in [5.74, 6) is 0. The molecule has 1 N–H and O–H groups in total. The van der Waals surface area contributed by atoms with Crippen molar-refractivity contribution in [2.24, 2.45) is 0 Å². The number of hydrogen-bond acceptors (Lipinski definition) is 3. The first-order valence-corrected chi connectivity index (χ1v) is 7.29. The Morgan fingerprint density at radius 3 is 2.47 bits per heavy atom. The Kier molecular flexibility index (Phi) is 5.02. The summed E-state index contributed by atoms with van der Waals surface area (Å²) < 4.78 is 25.7. The molecular formula is C10H22N2O2S. The molecule has 0 aliphatic carbocycles. The number of nitrogens with zero attached hydrogens (tertiary/aromatic N) is 1. The Morgan fingerprint density at radius 1 is 1.33 bits per heavy atom. The monoisotopic (exact) mass is 234 g/mol. The third kappa shape index (κ3) is 3.43. The summed E-state index contributed by atoms with van der Waals surface area (Å²) >= 11 is 0. The SMILES string of the molecule is CCCNCC(C)S(=O)(=O)N1CCCC1. The van der Waals surface area contributed by atoms with Gasteiger partial charge in [0.05, 0.1) is 5.25 Å². The van der Waals surface area contributed by atoms with Gasteiger partial charge in [-0.1, -0.05) is 6.92 Å². The molecule has 1 fully saturated rings. The molecule has 0 bridgehead atoms. The largest absolute Gasteiger partial charge is 0.315 e. The van der Waals surface area contributed by atoms with Crippen molar-refractivity contribution in [2.45, 2.75) is 38.4 Å². The average molecular weight is 234 g/mol. The minimum absolute atomic E-state index is 0.304. The van der Waals surface area contributed by atoms with Gasteiger partial charge in [0.15, 0.2) is 0 Å². The average Bonchev–Trinajstić information content (AvgIpc) is 2.71. The minimum atomic E-state index is -3.05. The lowest BCUT2D eigenvalue weighted by Gasteiger charge is -2.21. The van der Waals surface area contributed by atoms with Gasteiger partial charge in [0.25, 0.3) is 0 Å². The maximum Gasteiger partial charge on any atom is 0.217 e. The summed E-state index contributed by atoms with van der Waals surface area (Å²) in [5, 5.41) is 2.86. The van der Waals surface area contributed by atoms with Gasteiger partial charge < -0.3 is 5.32 Å². The van der Waals surface area contributed by atoms with Crippen molar-refractivity contribution in [3.8, 4) is 0 Å². The predicted molar refractivity (Wildman–Crippen MR) is 62.3 cm³/mol. The first-order chi connectivity index (χ1) is 7.09. The van der Waals surface area contributed by atoms with Crippen molar-refractivity contribution in [2.75, 3.05) is 26.2 Å². The van der Waals surface area contributed by atoms with Crippen LogP contribution in [0.25, 0.3) is 0 Å². The summed E-state index contributed by atoms with van der Waals surface area (Å²) in [4.78, 5) is 0. The van der Waals surface area contributed by atoms with Crippen LogP contribution in [0.3, 0.4) is 0 Å². The van der Waals surface area contributed by atoms with Gasteiger partial charge in [-0.2, -0.15) is 0 Å². The van der Waals surface area contributed by atoms with Crippen molar-refractivity contribution in [3.63, 3.8) is 0 Å². The standard InChI is InChI=1S/C10H22N2O2S/c1-3-6-11-9-10(2)15(13,14)12-7-4-5-8-12/h10-11H,3-9H2,1-2H3. The first kappa shape index (κ1) is 12.9. The molecule has 1 rings (SSSR count). The molecule has 4 nitrogen and oxygen atoms in total. The Labute approximate surface area is 93.1 Å². The maximum atomic E-state index is 12.0. The van der Waals surface area contributed by atoms with Gasteiger partial charge in [-0.25, -0.2) is 12.7 Å². The summed E-state index contributed by atoms with van der Waals surface area (Å²) in [5.41, 5.74) is 0. The van der Waals surface area contributed by atoms with Crippen LogP contribution in [0, 0.1) is 0 Å². The Balaban J connectivity index is 2.45. The molecule has 1 heterocycles. The van der Waals surface area contributed by atoms with E-state index in [0.717, 1.165) is 25.8 Å². The third-order valence-electron chi connectivity index (χ3n) is 2.79. The Hall–Kier alpha value is -0.130. The van der Waals surface area contributed by atoms with Gasteiger partial charge >= 0.3 is 0 Å². The van der Waals surface area contributed by atoms with Gasteiger partial charge in [-0.05, 0) is 32.7 Å². The summed E-state index contributed by atoms with van der Waals surface area (Å²) in [6.07, 6.45) is 3.05. The molecule has 0 aromatic carbocycles. The topological polar surface area (TPSA) is 49.4 Å². The maximum absolute atomic E-state index is 12.0. The van der Waals surface area contributed by atoms with Crippen LogP contribution in [0.15, 0.2) is 0 Å². The number of nitrogens with one attached hydrogen (secondary N) is 1. The first-order valence-electron chi connectivity index (χ1n) is 5.78. The van der Waals surface area contributed by atoms with E-state index in [2.05, 4.69) is 12.2 Å². The lowest BCUT2D eigenvalue weighted by Crippen LogP contribution is -2.40. The molecule has 1 aliphatic rings. The second-order valence-electron chi connectivity index (χ2n) is 4.17. The second-order valence-corrected chi connectivity index (χ2v) is 6.52. The fourth-order valence-corrected chi connectivity index (χ4v) is 3.39. The van der Waals surface area contributed by atoms with Gasteiger partial charge in [0, 0.05) is 19.6 Å². The normalized spacial score (nSPS) is 20.7. The van der Waals surface area contributed by atoms with Crippen molar-refractivity contribution < 1.29 is 8.42 Å². The fraction of sp³-hybridized carbons (Fsp3) is 1.00. The highest BCUT2D eigenvalue weighted by atomic mass is 32.2. The number of sulfonamides is 1. The molecule has 1 unspecified atom stereocenters. The van der Waals surface area contributed by atoms with Crippen molar-refractivity contribution in [1.29, 1.82) is 0 Å². The Bertz CT molecular complexity index is 271. The van der Waals surface area contributed by atoms with Gasteiger partial charge in [0.2, 0.25) is 10.0 Å². The van der Waals surface area contributed by atoms with Crippen molar-refractivity contribution in [3.05, 3.63) is 0 Å². The highest BCUT2D eigenvalue weighted by molar-refractivity contribution is 7.89. The quantitative estimate of drug-likeness (QED) is 0.692. The molecule has 90 valence electrons. The van der Waals surface area contributed by atoms with E-state index in [1.54, 1.807) is 11.2 Å². The van der Waals surface area contributed by atoms with Gasteiger partial charge in [0.1, 0.15) is 0 Å². The molecular weight excluding hydrogens is 212 g/mol. The van der Waals surface area contributed by atoms with Crippen LogP contribution in [0.4, 0.5) is 0 Å². The lowest BCUT2D eigenvalue weighted by molar-refractivity contribution is 0.463. The van der Waals surface area contributed by atoms with Crippen LogP contribution in [0.2, 0.25) is 0 Å². The number of hydrogen-bond donors (Lipinski definition) is 1. The van der Waals surface area contributed by atoms with E-state index in [0.29, 0.717) is 19.6 Å². The summed E-state index contributed by atoms with van der Waals surface area (Å²) in [6.45, 7) is 6.73. The van der Waals surface area contributed by atoms with Gasteiger partial charge in [-0.3, -0.25) is 0 Å². The Morgan fingerprint density at radius 2 is 1.93 bits per heavy atom. The van der Waals surface area contributed by atoms with Crippen LogP contribution >= 0.6 is 0 Å². The van der Waals surface area contributed by atoms with E-state index in [-0.39, 0.29) is 5.25 Å². The number of rotatable bonds is 6. The zero-order valence-electron chi connectivity index (χ0n) is 9.70. The van der Waals surface area contributed by atoms with Crippen molar-refractivity contribution >= 4 is 10.0 Å². The van der Waals surface area contributed by atoms with Crippen LogP contribution in [-0.4, -0.2) is 44.2 Å². The summed E-state index contributed by atoms with van der Waals surface area (Å²) in [7, 11) is -3.05. The van der Waals surface area contributed by atoms with E-state index < -0.39 is 10.0 Å². The predicted octanol–water partition coefficient (Wildman–Crippen LogP) is 0.800. The fourth-order valence-electron chi connectivity index (χ4n) is 1.78. The third-order valence-corrected chi connectivity index (χ3v) is 5.06. The lowest BCUT2D eigenvalue weighted by atomic mass is 10.4. The van der Waals surface area contributed by atoms with Crippen LogP contribution in [0.5, 0.6) is 0 Å². The highest BCUT2D eigenvalue weighted by Crippen LogP contribution is 2.16. The molecule has 0 spiro atoms. The van der Waals surface area contributed by atoms with E-state index in [1.165, 1.54) is 0 Å². The zero-order valence-corrected chi connectivity index (χ0v) is 10.5. The van der Waals surface area contributed by atoms with Crippen LogP contribution in [0.1, 0.15) is 33.1 Å². The molecule has 0 radical (unpaired) electrons. The van der Waals surface area contributed by atoms with E-state index in [4.69, 9.17) is 0 Å². The van der Waals surface area contributed by atoms with E-state index in [9.17, 15) is 8.42 Å². The molecule has 5 heteroatoms. The zero-order chi connectivity index (χ0) is 11.3. The van der Waals surface area contributed by atoms with Crippen LogP contribution < -0.4 is 5.32 Å². The molecule has 0 saturated carbocycles. The molecule has 1 atom stereocenters. The van der Waals surface area contributed by atoms with Crippen molar-refractivity contribution in [1.82, 2.24) is 9.62 Å². The molecule has 0 aromatic rings.